The first-order valence-electron chi connectivity index (χ1n) is 5.55. The van der Waals surface area contributed by atoms with E-state index in [-0.39, 0.29) is 0 Å². The Morgan fingerprint density at radius 2 is 1.33 bits per heavy atom. The summed E-state index contributed by atoms with van der Waals surface area (Å²) in [5, 5.41) is 3.54. The second kappa shape index (κ2) is 6.83. The van der Waals surface area contributed by atoms with Gasteiger partial charge in [-0.15, -0.1) is 0 Å². The molecule has 0 saturated heterocycles. The average Bonchev–Trinajstić information content (AvgIpc) is 2.27. The van der Waals surface area contributed by atoms with E-state index in [9.17, 15) is 0 Å². The van der Waals surface area contributed by atoms with Gasteiger partial charge in [0.1, 0.15) is 0 Å². The number of hydrazine groups is 1. The van der Waals surface area contributed by atoms with Crippen LogP contribution in [0.1, 0.15) is 27.7 Å². The molecule has 0 aliphatic heterocycles. The SMILES string of the molecule is CCP(=S)(CC)NN(C)P(=S)(CC)CC. The lowest BCUT2D eigenvalue weighted by molar-refractivity contribution is 0.517. The van der Waals surface area contributed by atoms with Crippen LogP contribution < -0.4 is 5.20 Å². The number of hydrogen-bond donors (Lipinski definition) is 1. The van der Waals surface area contributed by atoms with Crippen molar-refractivity contribution in [3.8, 4) is 0 Å². The molecule has 0 spiro atoms. The van der Waals surface area contributed by atoms with Crippen molar-refractivity contribution in [2.45, 2.75) is 27.7 Å². The summed E-state index contributed by atoms with van der Waals surface area (Å²) in [6.45, 7) is 8.71. The molecule has 0 aliphatic carbocycles. The van der Waals surface area contributed by atoms with Crippen molar-refractivity contribution in [3.05, 3.63) is 0 Å². The molecule has 0 radical (unpaired) electrons. The third-order valence-corrected chi connectivity index (χ3v) is 13.0. The number of nitrogens with one attached hydrogen (secondary N) is 1. The van der Waals surface area contributed by atoms with Gasteiger partial charge in [-0.2, -0.15) is 0 Å². The molecule has 0 atom stereocenters. The van der Waals surface area contributed by atoms with Gasteiger partial charge in [-0.25, -0.2) is 9.98 Å². The first-order chi connectivity index (χ1) is 6.87. The van der Waals surface area contributed by atoms with Crippen LogP contribution in [0.2, 0.25) is 0 Å². The van der Waals surface area contributed by atoms with Crippen LogP contribution in [0.5, 0.6) is 0 Å². The Morgan fingerprint density at radius 1 is 0.933 bits per heavy atom. The highest BCUT2D eigenvalue weighted by Crippen LogP contribution is 2.51. The van der Waals surface area contributed by atoms with Crippen molar-refractivity contribution in [3.63, 3.8) is 0 Å². The first kappa shape index (κ1) is 16.2. The van der Waals surface area contributed by atoms with Crippen LogP contribution in [0, 0.1) is 0 Å². The molecule has 0 aliphatic rings. The molecule has 0 aromatic carbocycles. The fourth-order valence-corrected chi connectivity index (χ4v) is 5.95. The van der Waals surface area contributed by atoms with Gasteiger partial charge >= 0.3 is 0 Å². The summed E-state index contributed by atoms with van der Waals surface area (Å²) >= 11 is 11.4. The molecule has 0 unspecified atom stereocenters. The van der Waals surface area contributed by atoms with Crippen molar-refractivity contribution in [2.75, 3.05) is 31.7 Å². The second-order valence-corrected chi connectivity index (χ2v) is 14.6. The van der Waals surface area contributed by atoms with Crippen molar-refractivity contribution < 1.29 is 0 Å². The average molecular weight is 286 g/mol. The molecular formula is C9H24N2P2S2. The highest BCUT2D eigenvalue weighted by atomic mass is 32.4. The Bertz CT molecular complexity index is 265. The fourth-order valence-electron chi connectivity index (χ4n) is 1.36. The van der Waals surface area contributed by atoms with Gasteiger partial charge in [0.25, 0.3) is 0 Å². The molecule has 6 heteroatoms. The topological polar surface area (TPSA) is 15.3 Å². The molecule has 0 rings (SSSR count). The van der Waals surface area contributed by atoms with E-state index < -0.39 is 12.4 Å². The maximum atomic E-state index is 5.74. The molecule has 1 N–H and O–H groups in total. The van der Waals surface area contributed by atoms with Crippen LogP contribution in [-0.4, -0.2) is 36.5 Å². The normalized spacial score (nSPS) is 13.5. The lowest BCUT2D eigenvalue weighted by Crippen LogP contribution is -2.31. The van der Waals surface area contributed by atoms with E-state index in [0.29, 0.717) is 0 Å². The van der Waals surface area contributed by atoms with E-state index in [0.717, 1.165) is 24.6 Å². The van der Waals surface area contributed by atoms with Gasteiger partial charge in [0.2, 0.25) is 0 Å². The van der Waals surface area contributed by atoms with E-state index in [4.69, 9.17) is 23.6 Å². The molecule has 0 saturated carbocycles. The van der Waals surface area contributed by atoms with E-state index in [1.165, 1.54) is 0 Å². The summed E-state index contributed by atoms with van der Waals surface area (Å²) in [4.78, 5) is 0. The van der Waals surface area contributed by atoms with Gasteiger partial charge in [-0.1, -0.05) is 51.3 Å². The highest BCUT2D eigenvalue weighted by molar-refractivity contribution is 8.15. The third-order valence-electron chi connectivity index (χ3n) is 2.88. The lowest BCUT2D eigenvalue weighted by Gasteiger charge is -2.35. The van der Waals surface area contributed by atoms with E-state index in [1.54, 1.807) is 0 Å². The van der Waals surface area contributed by atoms with Crippen LogP contribution in [0.25, 0.3) is 0 Å². The van der Waals surface area contributed by atoms with Crippen LogP contribution in [-0.2, 0) is 23.6 Å². The maximum absolute atomic E-state index is 5.74. The molecule has 92 valence electrons. The molecular weight excluding hydrogens is 262 g/mol. The standard InChI is InChI=1S/C9H24N2P2S2/c1-6-12(14,7-2)10-11(5)13(15,8-3)9-4/h6-9H2,1-5H3,(H,10,14). The fraction of sp³-hybridized carbons (Fsp3) is 1.00. The highest BCUT2D eigenvalue weighted by Gasteiger charge is 2.22. The number of nitrogens with zero attached hydrogens (tertiary/aromatic N) is 1. The molecule has 0 bridgehead atoms. The summed E-state index contributed by atoms with van der Waals surface area (Å²) in [5.41, 5.74) is 0. The largest absolute Gasteiger partial charge is 0.220 e. The number of rotatable bonds is 7. The first-order valence-corrected chi connectivity index (χ1v) is 11.9. The molecule has 0 fully saturated rings. The lowest BCUT2D eigenvalue weighted by atomic mass is 11.0. The predicted octanol–water partition coefficient (Wildman–Crippen LogP) is 3.29. The minimum atomic E-state index is -1.39. The summed E-state index contributed by atoms with van der Waals surface area (Å²) in [6, 6.07) is 0. The maximum Gasteiger partial charge on any atom is 0.0283 e. The minimum Gasteiger partial charge on any atom is -0.220 e. The Balaban J connectivity index is 4.67. The zero-order chi connectivity index (χ0) is 12.1. The van der Waals surface area contributed by atoms with E-state index in [1.807, 2.05) is 0 Å². The third kappa shape index (κ3) is 4.53. The van der Waals surface area contributed by atoms with E-state index in [2.05, 4.69) is 44.7 Å². The van der Waals surface area contributed by atoms with Crippen LogP contribution in [0.4, 0.5) is 0 Å². The van der Waals surface area contributed by atoms with Gasteiger partial charge < -0.3 is 0 Å². The Kier molecular flexibility index (Phi) is 7.39. The summed E-state index contributed by atoms with van der Waals surface area (Å²) < 4.78 is 2.19. The molecule has 15 heavy (non-hydrogen) atoms. The monoisotopic (exact) mass is 286 g/mol. The van der Waals surface area contributed by atoms with Crippen molar-refractivity contribution in [1.82, 2.24) is 9.98 Å². The number of hydrogen-bond acceptors (Lipinski definition) is 2. The van der Waals surface area contributed by atoms with Crippen LogP contribution >= 0.6 is 12.4 Å². The van der Waals surface area contributed by atoms with Crippen LogP contribution in [0.3, 0.4) is 0 Å². The summed E-state index contributed by atoms with van der Waals surface area (Å²) in [6.07, 6.45) is 1.50. The Labute approximate surface area is 105 Å². The summed E-state index contributed by atoms with van der Waals surface area (Å²) in [5.74, 6) is 0. The van der Waals surface area contributed by atoms with Gasteiger partial charge in [0, 0.05) is 19.4 Å². The van der Waals surface area contributed by atoms with Crippen LogP contribution in [0.15, 0.2) is 0 Å². The Morgan fingerprint density at radius 3 is 1.60 bits per heavy atom. The predicted molar refractivity (Wildman–Crippen MR) is 81.6 cm³/mol. The van der Waals surface area contributed by atoms with Gasteiger partial charge in [-0.05, 0) is 24.6 Å². The second-order valence-electron chi connectivity index (χ2n) is 3.62. The zero-order valence-electron chi connectivity index (χ0n) is 10.5. The Hall–Kier alpha value is 1.22. The van der Waals surface area contributed by atoms with Crippen molar-refractivity contribution >= 4 is 36.0 Å². The quantitative estimate of drug-likeness (QED) is 0.570. The summed E-state index contributed by atoms with van der Waals surface area (Å²) in [7, 11) is 2.08. The van der Waals surface area contributed by atoms with Crippen molar-refractivity contribution in [1.29, 1.82) is 0 Å². The molecule has 0 heterocycles. The van der Waals surface area contributed by atoms with Gasteiger partial charge in [-0.3, -0.25) is 0 Å². The molecule has 0 aromatic heterocycles. The molecule has 0 amide bonds. The molecule has 0 aromatic rings. The minimum absolute atomic E-state index is 1.06. The smallest absolute Gasteiger partial charge is 0.0283 e. The van der Waals surface area contributed by atoms with E-state index >= 15 is 0 Å². The van der Waals surface area contributed by atoms with Crippen molar-refractivity contribution in [2.24, 2.45) is 0 Å². The van der Waals surface area contributed by atoms with Gasteiger partial charge in [0.05, 0.1) is 0 Å². The van der Waals surface area contributed by atoms with Gasteiger partial charge in [0.15, 0.2) is 0 Å². The zero-order valence-corrected chi connectivity index (χ0v) is 13.9. The molecule has 2 nitrogen and oxygen atoms in total.